The van der Waals surface area contributed by atoms with Gasteiger partial charge in [0, 0.05) is 43.3 Å². The Bertz CT molecular complexity index is 834. The molecule has 2 aromatic rings. The van der Waals surface area contributed by atoms with E-state index in [1.54, 1.807) is 21.3 Å². The molecule has 0 spiro atoms. The summed E-state index contributed by atoms with van der Waals surface area (Å²) in [6, 6.07) is 14.1. The maximum Gasteiger partial charge on any atom is 0.191 e. The van der Waals surface area contributed by atoms with Gasteiger partial charge >= 0.3 is 0 Å². The van der Waals surface area contributed by atoms with E-state index in [2.05, 4.69) is 26.6 Å². The molecule has 1 aliphatic rings. The number of nitrogens with zero attached hydrogens (tertiary/aromatic N) is 2. The average Bonchev–Trinajstić information content (AvgIpc) is 3.19. The molecule has 1 saturated heterocycles. The second-order valence-corrected chi connectivity index (χ2v) is 7.07. The molecule has 8 heteroatoms. The summed E-state index contributed by atoms with van der Waals surface area (Å²) in [6.07, 6.45) is 1.03. The van der Waals surface area contributed by atoms with Crippen LogP contribution in [0.15, 0.2) is 47.5 Å². The molecule has 0 saturated carbocycles. The highest BCUT2D eigenvalue weighted by Gasteiger charge is 2.25. The van der Waals surface area contributed by atoms with Crippen molar-refractivity contribution in [3.8, 4) is 11.5 Å². The Balaban J connectivity index is 0.00000300. The standard InChI is InChI=1S/C21H27ClN4O2.HI/c1-23-21(24-13-15-8-9-16(22)12-20(15)28-3)25-17-10-11-26(14-17)18-6-4-5-7-19(18)27-2;/h4-9,12,17H,10-11,13-14H2,1-3H3,(H2,23,24,25);1H. The molecule has 0 aromatic heterocycles. The summed E-state index contributed by atoms with van der Waals surface area (Å²) in [4.78, 5) is 6.69. The Morgan fingerprint density at radius 2 is 1.93 bits per heavy atom. The molecule has 1 atom stereocenters. The van der Waals surface area contributed by atoms with Crippen LogP contribution in [0.2, 0.25) is 5.02 Å². The van der Waals surface area contributed by atoms with Crippen molar-refractivity contribution in [3.05, 3.63) is 53.1 Å². The largest absolute Gasteiger partial charge is 0.496 e. The first kappa shape index (κ1) is 23.4. The van der Waals surface area contributed by atoms with Gasteiger partial charge in [-0.1, -0.05) is 29.8 Å². The van der Waals surface area contributed by atoms with Gasteiger partial charge in [0.25, 0.3) is 0 Å². The van der Waals surface area contributed by atoms with Gasteiger partial charge in [-0.15, -0.1) is 24.0 Å². The van der Waals surface area contributed by atoms with E-state index in [4.69, 9.17) is 21.1 Å². The molecule has 1 unspecified atom stereocenters. The molecule has 1 fully saturated rings. The fourth-order valence-corrected chi connectivity index (χ4v) is 3.58. The van der Waals surface area contributed by atoms with Crippen LogP contribution in [0.4, 0.5) is 5.69 Å². The molecule has 3 rings (SSSR count). The minimum absolute atomic E-state index is 0. The fourth-order valence-electron chi connectivity index (χ4n) is 3.42. The Morgan fingerprint density at radius 3 is 2.66 bits per heavy atom. The molecule has 0 aliphatic carbocycles. The second kappa shape index (κ2) is 11.3. The Hall–Kier alpha value is -1.87. The summed E-state index contributed by atoms with van der Waals surface area (Å²) >= 11 is 6.03. The molecule has 2 N–H and O–H groups in total. The predicted molar refractivity (Wildman–Crippen MR) is 130 cm³/mol. The monoisotopic (exact) mass is 530 g/mol. The van der Waals surface area contributed by atoms with Gasteiger partial charge in [0.05, 0.1) is 19.9 Å². The summed E-state index contributed by atoms with van der Waals surface area (Å²) in [5.74, 6) is 2.43. The first-order chi connectivity index (χ1) is 13.6. The van der Waals surface area contributed by atoms with Gasteiger partial charge in [-0.2, -0.15) is 0 Å². The van der Waals surface area contributed by atoms with E-state index in [1.165, 1.54) is 0 Å². The lowest BCUT2D eigenvalue weighted by Gasteiger charge is -2.22. The molecule has 0 bridgehead atoms. The summed E-state index contributed by atoms with van der Waals surface area (Å²) in [6.45, 7) is 2.47. The Labute approximate surface area is 194 Å². The third-order valence-electron chi connectivity index (χ3n) is 4.87. The van der Waals surface area contributed by atoms with Crippen molar-refractivity contribution in [2.75, 3.05) is 39.3 Å². The zero-order chi connectivity index (χ0) is 19.9. The number of guanidine groups is 1. The number of benzene rings is 2. The SMILES string of the molecule is CN=C(NCc1ccc(Cl)cc1OC)NC1CCN(c2ccccc2OC)C1.I. The molecular formula is C21H28ClIN4O2. The molecular weight excluding hydrogens is 503 g/mol. The van der Waals surface area contributed by atoms with Gasteiger partial charge in [0.1, 0.15) is 11.5 Å². The second-order valence-electron chi connectivity index (χ2n) is 6.63. The average molecular weight is 531 g/mol. The number of hydrogen-bond acceptors (Lipinski definition) is 4. The number of methoxy groups -OCH3 is 2. The minimum atomic E-state index is 0. The van der Waals surface area contributed by atoms with Crippen LogP contribution in [0, 0.1) is 0 Å². The van der Waals surface area contributed by atoms with E-state index in [0.29, 0.717) is 17.6 Å². The number of hydrogen-bond donors (Lipinski definition) is 2. The van der Waals surface area contributed by atoms with Crippen LogP contribution >= 0.6 is 35.6 Å². The maximum absolute atomic E-state index is 6.03. The highest BCUT2D eigenvalue weighted by Crippen LogP contribution is 2.30. The third-order valence-corrected chi connectivity index (χ3v) is 5.11. The van der Waals surface area contributed by atoms with Crippen LogP contribution in [0.25, 0.3) is 0 Å². The first-order valence-corrected chi connectivity index (χ1v) is 9.70. The van der Waals surface area contributed by atoms with E-state index in [9.17, 15) is 0 Å². The van der Waals surface area contributed by atoms with Crippen LogP contribution < -0.4 is 25.0 Å². The highest BCUT2D eigenvalue weighted by molar-refractivity contribution is 14.0. The topological polar surface area (TPSA) is 58.1 Å². The third kappa shape index (κ3) is 6.05. The zero-order valence-electron chi connectivity index (χ0n) is 16.9. The quantitative estimate of drug-likeness (QED) is 0.337. The van der Waals surface area contributed by atoms with E-state index in [0.717, 1.165) is 48.2 Å². The van der Waals surface area contributed by atoms with Gasteiger partial charge in [-0.05, 0) is 30.7 Å². The van der Waals surface area contributed by atoms with Crippen molar-refractivity contribution in [1.82, 2.24) is 10.6 Å². The van der Waals surface area contributed by atoms with E-state index in [1.807, 2.05) is 36.4 Å². The van der Waals surface area contributed by atoms with Crippen LogP contribution in [0.1, 0.15) is 12.0 Å². The van der Waals surface area contributed by atoms with Gasteiger partial charge in [-0.25, -0.2) is 0 Å². The minimum Gasteiger partial charge on any atom is -0.496 e. The molecule has 1 heterocycles. The maximum atomic E-state index is 6.03. The number of rotatable bonds is 6. The normalized spacial score (nSPS) is 16.2. The molecule has 1 aliphatic heterocycles. The summed E-state index contributed by atoms with van der Waals surface area (Å²) in [5.41, 5.74) is 2.15. The van der Waals surface area contributed by atoms with Gasteiger partial charge < -0.3 is 25.0 Å². The lowest BCUT2D eigenvalue weighted by Crippen LogP contribution is -2.44. The number of ether oxygens (including phenoxy) is 2. The number of halogens is 2. The van der Waals surface area contributed by atoms with E-state index >= 15 is 0 Å². The lowest BCUT2D eigenvalue weighted by atomic mass is 10.2. The fraction of sp³-hybridized carbons (Fsp3) is 0.381. The predicted octanol–water partition coefficient (Wildman–Crippen LogP) is 3.92. The number of nitrogens with one attached hydrogen (secondary N) is 2. The van der Waals surface area contributed by atoms with Crippen LogP contribution in [-0.2, 0) is 6.54 Å². The Morgan fingerprint density at radius 1 is 1.17 bits per heavy atom. The molecule has 2 aromatic carbocycles. The van der Waals surface area contributed by atoms with E-state index < -0.39 is 0 Å². The van der Waals surface area contributed by atoms with Gasteiger partial charge in [-0.3, -0.25) is 4.99 Å². The van der Waals surface area contributed by atoms with Crippen LogP contribution in [0.5, 0.6) is 11.5 Å². The molecule has 0 radical (unpaired) electrons. The van der Waals surface area contributed by atoms with Crippen molar-refractivity contribution in [2.24, 2.45) is 4.99 Å². The zero-order valence-corrected chi connectivity index (χ0v) is 20.0. The van der Waals surface area contributed by atoms with E-state index in [-0.39, 0.29) is 24.0 Å². The molecule has 158 valence electrons. The Kier molecular flexibility index (Phi) is 9.16. The van der Waals surface area contributed by atoms with Crippen molar-refractivity contribution in [2.45, 2.75) is 19.0 Å². The summed E-state index contributed by atoms with van der Waals surface area (Å²) < 4.78 is 10.9. The molecule has 6 nitrogen and oxygen atoms in total. The van der Waals surface area contributed by atoms with Gasteiger partial charge in [0.2, 0.25) is 0 Å². The van der Waals surface area contributed by atoms with Crippen LogP contribution in [-0.4, -0.2) is 46.4 Å². The van der Waals surface area contributed by atoms with Gasteiger partial charge in [0.15, 0.2) is 5.96 Å². The van der Waals surface area contributed by atoms with Crippen molar-refractivity contribution in [1.29, 1.82) is 0 Å². The van der Waals surface area contributed by atoms with Crippen molar-refractivity contribution >= 4 is 47.2 Å². The van der Waals surface area contributed by atoms with Crippen molar-refractivity contribution < 1.29 is 9.47 Å². The lowest BCUT2D eigenvalue weighted by molar-refractivity contribution is 0.409. The number of para-hydroxylation sites is 2. The first-order valence-electron chi connectivity index (χ1n) is 9.32. The summed E-state index contributed by atoms with van der Waals surface area (Å²) in [5, 5.41) is 7.53. The summed E-state index contributed by atoms with van der Waals surface area (Å²) in [7, 11) is 5.13. The molecule has 0 amide bonds. The molecule has 29 heavy (non-hydrogen) atoms. The highest BCUT2D eigenvalue weighted by atomic mass is 127. The van der Waals surface area contributed by atoms with Crippen molar-refractivity contribution in [3.63, 3.8) is 0 Å². The number of aliphatic imine (C=N–C) groups is 1. The smallest absolute Gasteiger partial charge is 0.191 e. The number of anilines is 1. The van der Waals surface area contributed by atoms with Crippen LogP contribution in [0.3, 0.4) is 0 Å².